The van der Waals surface area contributed by atoms with Crippen LogP contribution in [0.2, 0.25) is 0 Å². The number of rotatable bonds is 7. The zero-order valence-electron chi connectivity index (χ0n) is 18.2. The largest absolute Gasteiger partial charge is 0.494 e. The fourth-order valence-corrected chi connectivity index (χ4v) is 2.80. The Balaban J connectivity index is 1.87. The Morgan fingerprint density at radius 1 is 0.906 bits per heavy atom. The van der Waals surface area contributed by atoms with Gasteiger partial charge in [-0.1, -0.05) is 6.07 Å². The smallest absolute Gasteiger partial charge is 0.421 e. The molecule has 0 atom stereocenters. The summed E-state index contributed by atoms with van der Waals surface area (Å²) in [5.74, 6) is 0.865. The Labute approximate surface area is 184 Å². The number of hydrogen-bond donors (Lipinski definition) is 2. The molecule has 3 rings (SSSR count). The molecular formula is C23H25F3N4O2. The zero-order chi connectivity index (χ0) is 23.4. The van der Waals surface area contributed by atoms with Crippen molar-refractivity contribution in [2.24, 2.45) is 0 Å². The van der Waals surface area contributed by atoms with E-state index in [1.54, 1.807) is 48.5 Å². The predicted octanol–water partition coefficient (Wildman–Crippen LogP) is 6.56. The summed E-state index contributed by atoms with van der Waals surface area (Å²) in [6.07, 6.45) is -3.87. The molecule has 0 radical (unpaired) electrons. The van der Waals surface area contributed by atoms with Crippen molar-refractivity contribution in [1.82, 2.24) is 9.97 Å². The van der Waals surface area contributed by atoms with E-state index in [2.05, 4.69) is 20.6 Å². The summed E-state index contributed by atoms with van der Waals surface area (Å²) >= 11 is 0. The van der Waals surface area contributed by atoms with Crippen molar-refractivity contribution in [3.63, 3.8) is 0 Å². The van der Waals surface area contributed by atoms with E-state index in [-0.39, 0.29) is 11.8 Å². The minimum Gasteiger partial charge on any atom is -0.494 e. The van der Waals surface area contributed by atoms with Gasteiger partial charge in [0.25, 0.3) is 0 Å². The molecule has 1 aromatic heterocycles. The molecule has 0 saturated heterocycles. The summed E-state index contributed by atoms with van der Waals surface area (Å²) in [6, 6.07) is 13.6. The molecule has 2 aromatic carbocycles. The van der Waals surface area contributed by atoms with E-state index >= 15 is 0 Å². The van der Waals surface area contributed by atoms with Gasteiger partial charge < -0.3 is 20.1 Å². The molecule has 3 aromatic rings. The third-order valence-electron chi connectivity index (χ3n) is 4.04. The van der Waals surface area contributed by atoms with Crippen molar-refractivity contribution in [2.75, 3.05) is 17.2 Å². The van der Waals surface area contributed by atoms with Gasteiger partial charge in [0.1, 0.15) is 28.5 Å². The lowest BCUT2D eigenvalue weighted by Crippen LogP contribution is -2.22. The first-order valence-corrected chi connectivity index (χ1v) is 10.0. The maximum Gasteiger partial charge on any atom is 0.421 e. The van der Waals surface area contributed by atoms with Crippen molar-refractivity contribution >= 4 is 23.1 Å². The Kier molecular flexibility index (Phi) is 6.76. The number of benzene rings is 2. The highest BCUT2D eigenvalue weighted by atomic mass is 19.4. The molecule has 170 valence electrons. The molecule has 0 unspecified atom stereocenters. The number of hydrogen-bond acceptors (Lipinski definition) is 6. The topological polar surface area (TPSA) is 68.3 Å². The second-order valence-corrected chi connectivity index (χ2v) is 7.90. The molecule has 0 fully saturated rings. The molecule has 1 heterocycles. The number of nitrogens with one attached hydrogen (secondary N) is 2. The lowest BCUT2D eigenvalue weighted by atomic mass is 10.2. The van der Waals surface area contributed by atoms with Gasteiger partial charge in [0.2, 0.25) is 5.95 Å². The predicted molar refractivity (Wildman–Crippen MR) is 118 cm³/mol. The molecule has 0 amide bonds. The van der Waals surface area contributed by atoms with E-state index in [1.165, 1.54) is 0 Å². The molecule has 6 nitrogen and oxygen atoms in total. The Bertz CT molecular complexity index is 1050. The molecule has 0 aliphatic heterocycles. The van der Waals surface area contributed by atoms with E-state index in [9.17, 15) is 13.2 Å². The Morgan fingerprint density at radius 2 is 1.62 bits per heavy atom. The van der Waals surface area contributed by atoms with Crippen LogP contribution >= 0.6 is 0 Å². The molecule has 32 heavy (non-hydrogen) atoms. The average molecular weight is 446 g/mol. The van der Waals surface area contributed by atoms with E-state index < -0.39 is 17.3 Å². The Morgan fingerprint density at radius 3 is 2.25 bits per heavy atom. The van der Waals surface area contributed by atoms with Crippen LogP contribution in [-0.4, -0.2) is 22.2 Å². The van der Waals surface area contributed by atoms with Crippen LogP contribution in [0.15, 0.2) is 54.7 Å². The quantitative estimate of drug-likeness (QED) is 0.428. The third-order valence-corrected chi connectivity index (χ3v) is 4.04. The van der Waals surface area contributed by atoms with Crippen LogP contribution in [0, 0.1) is 0 Å². The SMILES string of the molecule is CCOc1ccc(Nc2ncc(C(F)(F)F)c(Nc3cccc(OC(C)(C)C)c3)n2)cc1. The summed E-state index contributed by atoms with van der Waals surface area (Å²) in [6.45, 7) is 8.07. The molecule has 9 heteroatoms. The first-order valence-electron chi connectivity index (χ1n) is 10.0. The average Bonchev–Trinajstić information content (AvgIpc) is 2.68. The number of halogens is 3. The van der Waals surface area contributed by atoms with Crippen LogP contribution in [0.25, 0.3) is 0 Å². The summed E-state index contributed by atoms with van der Waals surface area (Å²) in [5.41, 5.74) is -0.404. The van der Waals surface area contributed by atoms with Crippen molar-refractivity contribution in [2.45, 2.75) is 39.5 Å². The van der Waals surface area contributed by atoms with Gasteiger partial charge in [-0.2, -0.15) is 18.2 Å². The van der Waals surface area contributed by atoms with Gasteiger partial charge in [-0.3, -0.25) is 0 Å². The number of nitrogens with zero attached hydrogens (tertiary/aromatic N) is 2. The standard InChI is InChI=1S/C23H25F3N4O2/c1-5-31-17-11-9-15(10-12-17)29-21-27-14-19(23(24,25)26)20(30-21)28-16-7-6-8-18(13-16)32-22(2,3)4/h6-14H,5H2,1-4H3,(H2,27,28,29,30). The summed E-state index contributed by atoms with van der Waals surface area (Å²) in [7, 11) is 0. The third kappa shape index (κ3) is 6.50. The van der Waals surface area contributed by atoms with Crippen molar-refractivity contribution in [1.29, 1.82) is 0 Å². The minimum atomic E-state index is -4.63. The lowest BCUT2D eigenvalue weighted by Gasteiger charge is -2.22. The molecule has 2 N–H and O–H groups in total. The first kappa shape index (κ1) is 23.2. The van der Waals surface area contributed by atoms with Crippen LogP contribution in [0.3, 0.4) is 0 Å². The normalized spacial score (nSPS) is 11.7. The molecule has 0 spiro atoms. The molecule has 0 saturated carbocycles. The fourth-order valence-electron chi connectivity index (χ4n) is 2.80. The minimum absolute atomic E-state index is 0.0201. The summed E-state index contributed by atoms with van der Waals surface area (Å²) in [4.78, 5) is 7.90. The number of ether oxygens (including phenoxy) is 2. The van der Waals surface area contributed by atoms with Gasteiger partial charge in [-0.05, 0) is 64.1 Å². The van der Waals surface area contributed by atoms with Gasteiger partial charge in [-0.25, -0.2) is 4.98 Å². The second-order valence-electron chi connectivity index (χ2n) is 7.90. The van der Waals surface area contributed by atoms with Crippen LogP contribution in [0.5, 0.6) is 11.5 Å². The molecule has 0 aliphatic carbocycles. The second kappa shape index (κ2) is 9.33. The highest BCUT2D eigenvalue weighted by Crippen LogP contribution is 2.36. The maximum absolute atomic E-state index is 13.5. The summed E-state index contributed by atoms with van der Waals surface area (Å²) in [5, 5.41) is 5.66. The van der Waals surface area contributed by atoms with Gasteiger partial charge in [0.15, 0.2) is 0 Å². The fraction of sp³-hybridized carbons (Fsp3) is 0.304. The monoisotopic (exact) mass is 446 g/mol. The molecule has 0 bridgehead atoms. The molecular weight excluding hydrogens is 421 g/mol. The van der Waals surface area contributed by atoms with Crippen LogP contribution in [-0.2, 0) is 6.18 Å². The van der Waals surface area contributed by atoms with Crippen LogP contribution < -0.4 is 20.1 Å². The van der Waals surface area contributed by atoms with Gasteiger partial charge >= 0.3 is 6.18 Å². The van der Waals surface area contributed by atoms with E-state index in [0.29, 0.717) is 29.5 Å². The number of aromatic nitrogens is 2. The number of anilines is 4. The number of alkyl halides is 3. The van der Waals surface area contributed by atoms with Gasteiger partial charge in [0.05, 0.1) is 6.61 Å². The van der Waals surface area contributed by atoms with Crippen molar-refractivity contribution < 1.29 is 22.6 Å². The van der Waals surface area contributed by atoms with Crippen LogP contribution in [0.1, 0.15) is 33.3 Å². The van der Waals surface area contributed by atoms with E-state index in [4.69, 9.17) is 9.47 Å². The van der Waals surface area contributed by atoms with E-state index in [1.807, 2.05) is 27.7 Å². The van der Waals surface area contributed by atoms with Crippen molar-refractivity contribution in [3.8, 4) is 11.5 Å². The summed E-state index contributed by atoms with van der Waals surface area (Å²) < 4.78 is 51.8. The van der Waals surface area contributed by atoms with E-state index in [0.717, 1.165) is 6.20 Å². The van der Waals surface area contributed by atoms with Gasteiger partial charge in [-0.15, -0.1) is 0 Å². The Hall–Kier alpha value is -3.49. The van der Waals surface area contributed by atoms with Gasteiger partial charge in [0, 0.05) is 23.6 Å². The van der Waals surface area contributed by atoms with Crippen LogP contribution in [0.4, 0.5) is 36.3 Å². The lowest BCUT2D eigenvalue weighted by molar-refractivity contribution is -0.137. The highest BCUT2D eigenvalue weighted by Gasteiger charge is 2.35. The first-order chi connectivity index (χ1) is 15.0. The molecule has 0 aliphatic rings. The zero-order valence-corrected chi connectivity index (χ0v) is 18.2. The highest BCUT2D eigenvalue weighted by molar-refractivity contribution is 5.64. The van der Waals surface area contributed by atoms with Crippen molar-refractivity contribution in [3.05, 3.63) is 60.3 Å². The maximum atomic E-state index is 13.5.